The first kappa shape index (κ1) is 13.1. The molecule has 2 aromatic rings. The van der Waals surface area contributed by atoms with Gasteiger partial charge in [0.1, 0.15) is 0 Å². The Morgan fingerprint density at radius 1 is 1.37 bits per heavy atom. The molecule has 0 unspecified atom stereocenters. The topological polar surface area (TPSA) is 65.1 Å². The Balaban J connectivity index is 2.67. The lowest BCUT2D eigenvalue weighted by Gasteiger charge is -2.03. The van der Waals surface area contributed by atoms with Gasteiger partial charge >= 0.3 is 6.18 Å². The van der Waals surface area contributed by atoms with E-state index in [2.05, 4.69) is 0 Å². The molecule has 0 fully saturated rings. The molecule has 0 radical (unpaired) electrons. The van der Waals surface area contributed by atoms with Gasteiger partial charge in [-0.2, -0.15) is 13.2 Å². The molecule has 19 heavy (non-hydrogen) atoms. The number of carbonyl (C=O) groups is 1. The van der Waals surface area contributed by atoms with E-state index in [0.717, 1.165) is 24.4 Å². The lowest BCUT2D eigenvalue weighted by Crippen LogP contribution is -2.22. The molecular weight excluding hydrogens is 265 g/mol. The number of benzene rings is 1. The zero-order valence-corrected chi connectivity index (χ0v) is 9.56. The van der Waals surface area contributed by atoms with Crippen LogP contribution in [-0.2, 0) is 7.05 Å². The molecule has 0 bridgehead atoms. The fourth-order valence-electron chi connectivity index (χ4n) is 1.82. The van der Waals surface area contributed by atoms with Crippen LogP contribution in [0.3, 0.4) is 0 Å². The predicted octanol–water partition coefficient (Wildman–Crippen LogP) is 2.83. The van der Waals surface area contributed by atoms with Gasteiger partial charge in [-0.1, -0.05) is 0 Å². The van der Waals surface area contributed by atoms with Gasteiger partial charge in [0, 0.05) is 30.8 Å². The normalized spacial score (nSPS) is 11.8. The second kappa shape index (κ2) is 4.08. The van der Waals surface area contributed by atoms with Crippen molar-refractivity contribution in [2.45, 2.75) is 6.18 Å². The molecule has 0 aliphatic carbocycles. The fraction of sp³-hybridized carbons (Fsp3) is 0.182. The van der Waals surface area contributed by atoms with E-state index in [9.17, 15) is 28.1 Å². The number of nitrogens with zero attached hydrogens (tertiary/aromatic N) is 2. The van der Waals surface area contributed by atoms with Crippen LogP contribution >= 0.6 is 0 Å². The summed E-state index contributed by atoms with van der Waals surface area (Å²) in [7, 11) is 1.42. The number of alkyl halides is 3. The summed E-state index contributed by atoms with van der Waals surface area (Å²) >= 11 is 0. The number of rotatable bonds is 2. The van der Waals surface area contributed by atoms with Gasteiger partial charge < -0.3 is 4.57 Å². The summed E-state index contributed by atoms with van der Waals surface area (Å²) in [5, 5.41) is 10.6. The van der Waals surface area contributed by atoms with E-state index in [1.165, 1.54) is 11.6 Å². The Kier molecular flexibility index (Phi) is 2.80. The number of nitro groups is 1. The maximum absolute atomic E-state index is 12.4. The maximum Gasteiger partial charge on any atom is 0.454 e. The molecule has 0 aliphatic rings. The van der Waals surface area contributed by atoms with Crippen molar-refractivity contribution < 1.29 is 22.9 Å². The zero-order chi connectivity index (χ0) is 14.4. The van der Waals surface area contributed by atoms with E-state index in [1.54, 1.807) is 0 Å². The Morgan fingerprint density at radius 3 is 2.53 bits per heavy atom. The minimum absolute atomic E-state index is 0.0374. The van der Waals surface area contributed by atoms with Crippen molar-refractivity contribution in [3.8, 4) is 0 Å². The molecule has 0 N–H and O–H groups in total. The van der Waals surface area contributed by atoms with Crippen LogP contribution in [0.2, 0.25) is 0 Å². The number of nitro benzene ring substituents is 1. The van der Waals surface area contributed by atoms with Crippen LogP contribution in [0.15, 0.2) is 24.4 Å². The van der Waals surface area contributed by atoms with Crippen molar-refractivity contribution in [2.24, 2.45) is 7.05 Å². The highest BCUT2D eigenvalue weighted by Gasteiger charge is 2.40. The second-order valence-corrected chi connectivity index (χ2v) is 3.94. The molecule has 0 spiro atoms. The number of ketones is 1. The lowest BCUT2D eigenvalue weighted by atomic mass is 10.1. The second-order valence-electron chi connectivity index (χ2n) is 3.94. The van der Waals surface area contributed by atoms with E-state index in [0.29, 0.717) is 0 Å². The van der Waals surface area contributed by atoms with Gasteiger partial charge in [-0.3, -0.25) is 14.9 Å². The smallest absolute Gasteiger partial charge is 0.350 e. The van der Waals surface area contributed by atoms with Crippen LogP contribution in [0.5, 0.6) is 0 Å². The highest BCUT2D eigenvalue weighted by atomic mass is 19.4. The van der Waals surface area contributed by atoms with Gasteiger partial charge in [0.2, 0.25) is 0 Å². The monoisotopic (exact) mass is 272 g/mol. The van der Waals surface area contributed by atoms with Gasteiger partial charge in [0.05, 0.1) is 16.0 Å². The van der Waals surface area contributed by atoms with Gasteiger partial charge in [-0.25, -0.2) is 0 Å². The Labute approximate surface area is 104 Å². The minimum Gasteiger partial charge on any atom is -0.350 e. The van der Waals surface area contributed by atoms with E-state index >= 15 is 0 Å². The van der Waals surface area contributed by atoms with Crippen LogP contribution < -0.4 is 0 Å². The average molecular weight is 272 g/mol. The predicted molar refractivity (Wildman–Crippen MR) is 60.0 cm³/mol. The molecule has 1 aromatic carbocycles. The molecule has 0 saturated carbocycles. The summed E-state index contributed by atoms with van der Waals surface area (Å²) in [5.41, 5.74) is -0.568. The van der Waals surface area contributed by atoms with E-state index in [4.69, 9.17) is 0 Å². The standard InChI is InChI=1S/C11H7F3N2O3/c1-15-5-8(10(17)11(12,13)14)7-3-2-6(16(18)19)4-9(7)15/h2-5H,1H3. The molecule has 100 valence electrons. The van der Waals surface area contributed by atoms with Crippen LogP contribution in [0.25, 0.3) is 10.9 Å². The van der Waals surface area contributed by atoms with Crippen LogP contribution in [0.4, 0.5) is 18.9 Å². The Bertz CT molecular complexity index is 688. The van der Waals surface area contributed by atoms with Crippen LogP contribution in [0.1, 0.15) is 10.4 Å². The van der Waals surface area contributed by atoms with Gasteiger partial charge in [-0.15, -0.1) is 0 Å². The molecule has 0 aliphatic heterocycles. The van der Waals surface area contributed by atoms with Crippen molar-refractivity contribution >= 4 is 22.4 Å². The Morgan fingerprint density at radius 2 is 2.00 bits per heavy atom. The van der Waals surface area contributed by atoms with Crippen molar-refractivity contribution in [3.63, 3.8) is 0 Å². The molecule has 0 atom stereocenters. The highest BCUT2D eigenvalue weighted by Crippen LogP contribution is 2.30. The van der Waals surface area contributed by atoms with Gasteiger partial charge in [-0.05, 0) is 6.07 Å². The molecule has 0 saturated heterocycles. The molecule has 1 heterocycles. The first-order chi connectivity index (χ1) is 8.71. The lowest BCUT2D eigenvalue weighted by molar-refractivity contribution is -0.384. The zero-order valence-electron chi connectivity index (χ0n) is 9.56. The number of fused-ring (bicyclic) bond motifs is 1. The fourth-order valence-corrected chi connectivity index (χ4v) is 1.82. The van der Waals surface area contributed by atoms with Crippen LogP contribution in [-0.4, -0.2) is 21.4 Å². The molecule has 2 rings (SSSR count). The largest absolute Gasteiger partial charge is 0.454 e. The molecule has 1 aromatic heterocycles. The number of halogens is 3. The summed E-state index contributed by atoms with van der Waals surface area (Å²) < 4.78 is 38.5. The van der Waals surface area contributed by atoms with E-state index < -0.39 is 22.4 Å². The maximum atomic E-state index is 12.4. The van der Waals surface area contributed by atoms with E-state index in [1.807, 2.05) is 0 Å². The number of hydrogen-bond acceptors (Lipinski definition) is 3. The minimum atomic E-state index is -4.98. The Hall–Kier alpha value is -2.38. The summed E-state index contributed by atoms with van der Waals surface area (Å²) in [6, 6.07) is 3.34. The summed E-state index contributed by atoms with van der Waals surface area (Å²) in [6.45, 7) is 0. The number of aryl methyl sites for hydroxylation is 1. The SMILES string of the molecule is Cn1cc(C(=O)C(F)(F)F)c2ccc([N+](=O)[O-])cc21. The van der Waals surface area contributed by atoms with Crippen molar-refractivity contribution in [3.05, 3.63) is 40.1 Å². The van der Waals surface area contributed by atoms with Gasteiger partial charge in [0.15, 0.2) is 0 Å². The number of aromatic nitrogens is 1. The number of Topliss-reactive ketones (excluding diaryl/α,β-unsaturated/α-hetero) is 1. The first-order valence-corrected chi connectivity index (χ1v) is 5.07. The summed E-state index contributed by atoms with van der Waals surface area (Å²) in [5.74, 6) is -1.97. The van der Waals surface area contributed by atoms with Crippen molar-refractivity contribution in [1.29, 1.82) is 0 Å². The molecule has 5 nitrogen and oxygen atoms in total. The summed E-state index contributed by atoms with van der Waals surface area (Å²) in [4.78, 5) is 21.2. The first-order valence-electron chi connectivity index (χ1n) is 5.07. The van der Waals surface area contributed by atoms with Gasteiger partial charge in [0.25, 0.3) is 11.5 Å². The third-order valence-electron chi connectivity index (χ3n) is 2.69. The molecule has 8 heteroatoms. The summed E-state index contributed by atoms with van der Waals surface area (Å²) in [6.07, 6.45) is -3.96. The average Bonchev–Trinajstić information content (AvgIpc) is 2.64. The highest BCUT2D eigenvalue weighted by molar-refractivity contribution is 6.10. The van der Waals surface area contributed by atoms with E-state index in [-0.39, 0.29) is 16.6 Å². The third-order valence-corrected chi connectivity index (χ3v) is 2.69. The third kappa shape index (κ3) is 2.16. The number of non-ortho nitro benzene ring substituents is 1. The number of hydrogen-bond donors (Lipinski definition) is 0. The van der Waals surface area contributed by atoms with Crippen molar-refractivity contribution in [2.75, 3.05) is 0 Å². The molecular formula is C11H7F3N2O3. The number of carbonyl (C=O) groups excluding carboxylic acids is 1. The molecule has 0 amide bonds. The quantitative estimate of drug-likeness (QED) is 0.479. The van der Waals surface area contributed by atoms with Crippen LogP contribution in [0, 0.1) is 10.1 Å². The van der Waals surface area contributed by atoms with Crippen molar-refractivity contribution in [1.82, 2.24) is 4.57 Å².